The molecule has 0 saturated carbocycles. The van der Waals surface area contributed by atoms with E-state index in [0.717, 1.165) is 0 Å². The van der Waals surface area contributed by atoms with Crippen LogP contribution in [0.5, 0.6) is 0 Å². The fourth-order valence-electron chi connectivity index (χ4n) is 1.34. The summed E-state index contributed by atoms with van der Waals surface area (Å²) in [5, 5.41) is 29.0. The van der Waals surface area contributed by atoms with Gasteiger partial charge in [0.05, 0.1) is 18.6 Å². The Labute approximate surface area is 175 Å². The molecular weight excluding hydrogens is 358 g/mol. The molecule has 6 N–H and O–H groups in total. The normalized spacial score (nSPS) is 11.2. The van der Waals surface area contributed by atoms with E-state index in [9.17, 15) is 19.5 Å². The van der Waals surface area contributed by atoms with Crippen molar-refractivity contribution < 1.29 is 29.7 Å². The van der Waals surface area contributed by atoms with Gasteiger partial charge in [-0.15, -0.1) is 0 Å². The first-order valence-electron chi connectivity index (χ1n) is 7.10. The van der Waals surface area contributed by atoms with E-state index >= 15 is 0 Å². The number of primary amides is 1. The number of nitrogens with one attached hydrogen (secondary N) is 1. The molecule has 1 heterocycles. The molecule has 0 spiro atoms. The van der Waals surface area contributed by atoms with Gasteiger partial charge in [0.15, 0.2) is 0 Å². The number of carbonyl (C=O) groups excluding carboxylic acids is 2. The number of carboxylic acid groups (broad SMARTS) is 1. The molecule has 0 radical (unpaired) electrons. The van der Waals surface area contributed by atoms with E-state index in [0.29, 0.717) is 5.56 Å². The Hall–Kier alpha value is -1.26. The van der Waals surface area contributed by atoms with E-state index in [1.807, 2.05) is 0 Å². The Morgan fingerprint density at radius 1 is 1.36 bits per heavy atom. The summed E-state index contributed by atoms with van der Waals surface area (Å²) in [6.07, 6.45) is 1.48. The van der Waals surface area contributed by atoms with Crippen LogP contribution in [-0.4, -0.2) is 95.1 Å². The molecule has 0 aliphatic heterocycles. The molecule has 0 aliphatic rings. The number of aliphatic carboxylic acids is 1. The van der Waals surface area contributed by atoms with Gasteiger partial charge in [-0.2, -0.15) is 0 Å². The first kappa shape index (κ1) is 26.0. The van der Waals surface area contributed by atoms with Crippen LogP contribution in [0.15, 0.2) is 24.5 Å². The molecule has 138 valence electrons. The minimum atomic E-state index is -1.35. The van der Waals surface area contributed by atoms with Crippen molar-refractivity contribution in [3.05, 3.63) is 30.1 Å². The number of nitrogens with zero attached hydrogens (tertiary/aromatic N) is 1. The van der Waals surface area contributed by atoms with Crippen LogP contribution in [0.2, 0.25) is 0 Å². The molecule has 10 heteroatoms. The van der Waals surface area contributed by atoms with Gasteiger partial charge in [0.2, 0.25) is 11.8 Å². The third-order valence-electron chi connectivity index (χ3n) is 2.98. The summed E-state index contributed by atoms with van der Waals surface area (Å²) in [7, 11) is 0. The number of aliphatic hydroxyl groups is 2. The molecule has 1 aromatic rings. The number of aromatic nitrogens is 1. The number of rotatable bonds is 7. The summed E-state index contributed by atoms with van der Waals surface area (Å²) in [6.45, 7) is 2.70. The van der Waals surface area contributed by atoms with Gasteiger partial charge >= 0.3 is 43.7 Å². The van der Waals surface area contributed by atoms with Gasteiger partial charge in [-0.05, 0) is 12.1 Å². The second-order valence-electron chi connectivity index (χ2n) is 5.59. The zero-order valence-electron chi connectivity index (χ0n) is 13.6. The standard InChI is InChI=1S/C9H17NO5.C6H6N2O.Ca.2H/c1-9(2,5-11)7(14)8(15)10-4-3-6(12)13;7-6(9)5-2-1-3-8-4-5;;;/h7,11,14H,3-5H2,1-2H3,(H,10,15)(H,12,13);1-4H,(H2,7,9);;;/t7-;;;;/m0..../s1. The van der Waals surface area contributed by atoms with Crippen molar-refractivity contribution in [2.45, 2.75) is 26.4 Å². The van der Waals surface area contributed by atoms with Gasteiger partial charge in [0.1, 0.15) is 6.10 Å². The van der Waals surface area contributed by atoms with Crippen LogP contribution in [0.3, 0.4) is 0 Å². The minimum absolute atomic E-state index is 0. The predicted molar refractivity (Wildman–Crippen MR) is 93.4 cm³/mol. The number of hydrogen-bond acceptors (Lipinski definition) is 6. The number of pyridine rings is 1. The second-order valence-corrected chi connectivity index (χ2v) is 5.59. The van der Waals surface area contributed by atoms with Gasteiger partial charge in [-0.25, -0.2) is 0 Å². The molecule has 1 aromatic heterocycles. The Kier molecular flexibility index (Phi) is 13.5. The Balaban J connectivity index is 0. The number of aliphatic hydroxyl groups excluding tert-OH is 2. The summed E-state index contributed by atoms with van der Waals surface area (Å²) in [6, 6.07) is 3.29. The number of amides is 2. The number of nitrogens with two attached hydrogens (primary N) is 1. The van der Waals surface area contributed by atoms with Crippen LogP contribution in [0, 0.1) is 5.41 Å². The quantitative estimate of drug-likeness (QED) is 0.348. The molecule has 0 saturated heterocycles. The van der Waals surface area contributed by atoms with Crippen molar-refractivity contribution in [2.75, 3.05) is 13.2 Å². The number of hydrogen-bond donors (Lipinski definition) is 5. The first-order chi connectivity index (χ1) is 11.1. The Bertz CT molecular complexity index is 553. The second kappa shape index (κ2) is 13.0. The van der Waals surface area contributed by atoms with Crippen LogP contribution in [0.4, 0.5) is 0 Å². The third kappa shape index (κ3) is 11.1. The summed E-state index contributed by atoms with van der Waals surface area (Å²) in [5.41, 5.74) is 4.44. The fourth-order valence-corrected chi connectivity index (χ4v) is 1.34. The van der Waals surface area contributed by atoms with Crippen molar-refractivity contribution in [3.63, 3.8) is 0 Å². The van der Waals surface area contributed by atoms with Gasteiger partial charge in [0, 0.05) is 24.4 Å². The van der Waals surface area contributed by atoms with Gasteiger partial charge in [-0.1, -0.05) is 13.8 Å². The zero-order valence-corrected chi connectivity index (χ0v) is 13.6. The number of carbonyl (C=O) groups is 3. The van der Waals surface area contributed by atoms with Gasteiger partial charge in [-0.3, -0.25) is 19.4 Å². The summed E-state index contributed by atoms with van der Waals surface area (Å²) in [4.78, 5) is 35.5. The van der Waals surface area contributed by atoms with E-state index in [4.69, 9.17) is 15.9 Å². The fraction of sp³-hybridized carbons (Fsp3) is 0.467. The summed E-state index contributed by atoms with van der Waals surface area (Å²) in [5.74, 6) is -2.13. The monoisotopic (exact) mass is 383 g/mol. The summed E-state index contributed by atoms with van der Waals surface area (Å²) < 4.78 is 0. The molecule has 0 aromatic carbocycles. The molecule has 25 heavy (non-hydrogen) atoms. The predicted octanol–water partition coefficient (Wildman–Crippen LogP) is -1.78. The van der Waals surface area contributed by atoms with Crippen LogP contribution in [-0.2, 0) is 9.59 Å². The molecule has 0 aliphatic carbocycles. The average molecular weight is 383 g/mol. The maximum absolute atomic E-state index is 11.3. The van der Waals surface area contributed by atoms with E-state index in [1.165, 1.54) is 20.0 Å². The molecule has 2 amide bonds. The van der Waals surface area contributed by atoms with Crippen molar-refractivity contribution in [3.8, 4) is 0 Å². The Morgan fingerprint density at radius 2 is 1.96 bits per heavy atom. The topological polar surface area (TPSA) is 163 Å². The van der Waals surface area contributed by atoms with Gasteiger partial charge in [0.25, 0.3) is 0 Å². The van der Waals surface area contributed by atoms with Crippen molar-refractivity contribution in [2.24, 2.45) is 11.1 Å². The van der Waals surface area contributed by atoms with Gasteiger partial charge < -0.3 is 26.4 Å². The molecular formula is C15H25CaN3O6. The van der Waals surface area contributed by atoms with Crippen LogP contribution >= 0.6 is 0 Å². The summed E-state index contributed by atoms with van der Waals surface area (Å²) >= 11 is 0. The maximum atomic E-state index is 11.3. The third-order valence-corrected chi connectivity index (χ3v) is 2.98. The molecule has 0 fully saturated rings. The SMILES string of the molecule is CC(C)(CO)[C@@H](O)C(=O)NCCC(=O)O.NC(=O)c1cccnc1.[CaH2]. The van der Waals surface area contributed by atoms with Crippen LogP contribution in [0.25, 0.3) is 0 Å². The molecule has 1 atom stereocenters. The molecule has 1 rings (SSSR count). The van der Waals surface area contributed by atoms with E-state index < -0.39 is 29.3 Å². The van der Waals surface area contributed by atoms with E-state index in [2.05, 4.69) is 10.3 Å². The van der Waals surface area contributed by atoms with Crippen LogP contribution < -0.4 is 11.1 Å². The molecule has 0 bridgehead atoms. The van der Waals surface area contributed by atoms with Crippen LogP contribution in [0.1, 0.15) is 30.6 Å². The molecule has 0 unspecified atom stereocenters. The van der Waals surface area contributed by atoms with Crippen molar-refractivity contribution in [1.29, 1.82) is 0 Å². The van der Waals surface area contributed by atoms with E-state index in [-0.39, 0.29) is 57.3 Å². The molecule has 9 nitrogen and oxygen atoms in total. The zero-order chi connectivity index (χ0) is 18.8. The first-order valence-corrected chi connectivity index (χ1v) is 7.10. The van der Waals surface area contributed by atoms with E-state index in [1.54, 1.807) is 18.3 Å². The average Bonchev–Trinajstić information content (AvgIpc) is 2.55. The van der Waals surface area contributed by atoms with Crippen molar-refractivity contribution in [1.82, 2.24) is 10.3 Å². The number of carboxylic acids is 1. The Morgan fingerprint density at radius 3 is 2.32 bits per heavy atom. The van der Waals surface area contributed by atoms with Crippen molar-refractivity contribution >= 4 is 55.5 Å².